The van der Waals surface area contributed by atoms with Gasteiger partial charge in [-0.2, -0.15) is 0 Å². The Morgan fingerprint density at radius 3 is 1.81 bits per heavy atom. The lowest BCUT2D eigenvalue weighted by Crippen LogP contribution is -2.41. The first kappa shape index (κ1) is 36.5. The number of anilines is 4. The molecule has 274 valence electrons. The number of nitrogens with one attached hydrogen (secondary N) is 3. The van der Waals surface area contributed by atoms with Gasteiger partial charge in [0.2, 0.25) is 17.7 Å². The van der Waals surface area contributed by atoms with E-state index in [1.807, 2.05) is 77.7 Å². The second-order valence-corrected chi connectivity index (χ2v) is 15.1. The van der Waals surface area contributed by atoms with E-state index >= 15 is 0 Å². The van der Waals surface area contributed by atoms with E-state index in [-0.39, 0.29) is 35.5 Å². The molecule has 3 N–H and O–H groups in total. The summed E-state index contributed by atoms with van der Waals surface area (Å²) in [6, 6.07) is 23.7. The molecule has 3 aliphatic heterocycles. The van der Waals surface area contributed by atoms with Crippen LogP contribution < -0.4 is 25.8 Å². The van der Waals surface area contributed by atoms with Gasteiger partial charge in [-0.1, -0.05) is 78.7 Å². The smallest absolute Gasteiger partial charge is 0.228 e. The number of ketones is 1. The Hall–Kier alpha value is -4.86. The maximum absolute atomic E-state index is 13.2. The second kappa shape index (κ2) is 15.6. The van der Waals surface area contributed by atoms with Crippen molar-refractivity contribution >= 4 is 69.5 Å². The second-order valence-electron chi connectivity index (χ2n) is 14.3. The molecule has 3 amide bonds. The van der Waals surface area contributed by atoms with Crippen molar-refractivity contribution in [2.24, 2.45) is 5.92 Å². The molecule has 11 heteroatoms. The van der Waals surface area contributed by atoms with Crippen molar-refractivity contribution in [3.8, 4) is 33.4 Å². The predicted molar refractivity (Wildman–Crippen MR) is 214 cm³/mol. The lowest BCUT2D eigenvalue weighted by atomic mass is 9.95. The largest absolute Gasteiger partial charge is 0.383 e. The van der Waals surface area contributed by atoms with Crippen molar-refractivity contribution in [1.29, 1.82) is 0 Å². The molecule has 3 aliphatic rings. The van der Waals surface area contributed by atoms with E-state index in [2.05, 4.69) is 22.9 Å². The van der Waals surface area contributed by atoms with Gasteiger partial charge >= 0.3 is 0 Å². The summed E-state index contributed by atoms with van der Waals surface area (Å²) in [5.41, 5.74) is 8.35. The predicted octanol–water partition coefficient (Wildman–Crippen LogP) is 8.58. The molecule has 1 fully saturated rings. The number of amides is 3. The lowest BCUT2D eigenvalue weighted by molar-refractivity contribution is -0.120. The monoisotopic (exact) mass is 751 g/mol. The number of nitrogens with zero attached hydrogens (tertiary/aromatic N) is 2. The minimum absolute atomic E-state index is 0.0199. The normalized spacial score (nSPS) is 17.6. The summed E-state index contributed by atoms with van der Waals surface area (Å²) in [5, 5.41) is 11.0. The first-order chi connectivity index (χ1) is 25.6. The number of Topliss-reactive ketones (excluding diaryl/α,β-unsaturated/α-hetero) is 1. The third kappa shape index (κ3) is 7.78. The molecular weight excluding hydrogens is 709 g/mol. The Kier molecular flexibility index (Phi) is 10.8. The van der Waals surface area contributed by atoms with Crippen LogP contribution in [0.3, 0.4) is 0 Å². The van der Waals surface area contributed by atoms with Crippen LogP contribution in [-0.4, -0.2) is 55.7 Å². The van der Waals surface area contributed by atoms with Gasteiger partial charge in [-0.15, -0.1) is 0 Å². The molecule has 2 atom stereocenters. The van der Waals surface area contributed by atoms with Crippen molar-refractivity contribution in [2.45, 2.75) is 58.4 Å². The Bertz CT molecular complexity index is 2100. The SMILES string of the molecule is CC(=O)CC[C@H](C)CN1C(=O)CCNc2cc(-c3cccc(-c4cccc(-c5ccc6c(c5)NCCC(=O)N6C[C@@H]5CCC(=O)N5)c4Cl)c3Cl)ccc21. The molecule has 0 bridgehead atoms. The summed E-state index contributed by atoms with van der Waals surface area (Å²) in [7, 11) is 0. The van der Waals surface area contributed by atoms with Crippen LogP contribution in [0.25, 0.3) is 33.4 Å². The number of rotatable bonds is 10. The van der Waals surface area contributed by atoms with Crippen LogP contribution in [0.4, 0.5) is 22.7 Å². The van der Waals surface area contributed by atoms with Crippen molar-refractivity contribution in [3.05, 3.63) is 82.8 Å². The molecule has 53 heavy (non-hydrogen) atoms. The summed E-state index contributed by atoms with van der Waals surface area (Å²) < 4.78 is 0. The zero-order valence-electron chi connectivity index (χ0n) is 29.9. The molecule has 9 nitrogen and oxygen atoms in total. The number of hydrogen-bond acceptors (Lipinski definition) is 6. The average molecular weight is 753 g/mol. The fourth-order valence-electron chi connectivity index (χ4n) is 7.52. The first-order valence-corrected chi connectivity index (χ1v) is 19.1. The molecule has 7 rings (SSSR count). The molecule has 0 aliphatic carbocycles. The Balaban J connectivity index is 1.18. The van der Waals surface area contributed by atoms with Gasteiger partial charge in [0, 0.05) is 80.2 Å². The Labute approximate surface area is 320 Å². The average Bonchev–Trinajstić information content (AvgIpc) is 3.41. The van der Waals surface area contributed by atoms with Crippen LogP contribution in [-0.2, 0) is 19.2 Å². The number of halogens is 2. The van der Waals surface area contributed by atoms with E-state index in [4.69, 9.17) is 23.2 Å². The third-order valence-corrected chi connectivity index (χ3v) is 11.2. The molecule has 4 aromatic carbocycles. The molecular formula is C42H43Cl2N5O4. The quantitative estimate of drug-likeness (QED) is 0.150. The zero-order valence-corrected chi connectivity index (χ0v) is 31.4. The van der Waals surface area contributed by atoms with E-state index in [9.17, 15) is 19.2 Å². The van der Waals surface area contributed by atoms with Crippen molar-refractivity contribution < 1.29 is 19.2 Å². The molecule has 0 spiro atoms. The number of fused-ring (bicyclic) bond motifs is 2. The van der Waals surface area contributed by atoms with Gasteiger partial charge in [-0.05, 0) is 61.1 Å². The van der Waals surface area contributed by atoms with Crippen LogP contribution in [0.15, 0.2) is 72.8 Å². The zero-order chi connectivity index (χ0) is 37.2. The summed E-state index contributed by atoms with van der Waals surface area (Å²) in [4.78, 5) is 53.3. The van der Waals surface area contributed by atoms with E-state index in [1.54, 1.807) is 11.8 Å². The van der Waals surface area contributed by atoms with Crippen molar-refractivity contribution in [1.82, 2.24) is 5.32 Å². The van der Waals surface area contributed by atoms with E-state index in [0.717, 1.165) is 62.6 Å². The van der Waals surface area contributed by atoms with Gasteiger partial charge in [0.25, 0.3) is 0 Å². The summed E-state index contributed by atoms with van der Waals surface area (Å²) in [5.74, 6) is 0.432. The highest BCUT2D eigenvalue weighted by Gasteiger charge is 2.29. The van der Waals surface area contributed by atoms with Gasteiger partial charge in [0.1, 0.15) is 5.78 Å². The summed E-state index contributed by atoms with van der Waals surface area (Å²) in [6.07, 6.45) is 3.16. The van der Waals surface area contributed by atoms with Crippen LogP contribution in [0.1, 0.15) is 52.4 Å². The van der Waals surface area contributed by atoms with Crippen molar-refractivity contribution in [3.63, 3.8) is 0 Å². The topological polar surface area (TPSA) is 111 Å². The number of carbonyl (C=O) groups is 4. The van der Waals surface area contributed by atoms with Crippen LogP contribution in [0.2, 0.25) is 10.0 Å². The minimum atomic E-state index is -0.0668. The van der Waals surface area contributed by atoms with Crippen LogP contribution >= 0.6 is 23.2 Å². The summed E-state index contributed by atoms with van der Waals surface area (Å²) in [6.45, 7) is 5.68. The highest BCUT2D eigenvalue weighted by molar-refractivity contribution is 6.39. The maximum atomic E-state index is 13.2. The van der Waals surface area contributed by atoms with Crippen molar-refractivity contribution in [2.75, 3.05) is 46.6 Å². The maximum Gasteiger partial charge on any atom is 0.228 e. The van der Waals surface area contributed by atoms with E-state index in [0.29, 0.717) is 68.3 Å². The Morgan fingerprint density at radius 2 is 1.28 bits per heavy atom. The van der Waals surface area contributed by atoms with Gasteiger partial charge in [0.15, 0.2) is 0 Å². The summed E-state index contributed by atoms with van der Waals surface area (Å²) >= 11 is 14.4. The van der Waals surface area contributed by atoms with E-state index in [1.165, 1.54) is 0 Å². The fourth-order valence-corrected chi connectivity index (χ4v) is 8.20. The molecule has 4 aromatic rings. The molecule has 1 saturated heterocycles. The highest BCUT2D eigenvalue weighted by atomic mass is 35.5. The van der Waals surface area contributed by atoms with Gasteiger partial charge in [0.05, 0.1) is 32.8 Å². The lowest BCUT2D eigenvalue weighted by Gasteiger charge is -2.26. The molecule has 3 heterocycles. The van der Waals surface area contributed by atoms with Crippen LogP contribution in [0.5, 0.6) is 0 Å². The molecule has 0 radical (unpaired) electrons. The molecule has 0 saturated carbocycles. The van der Waals surface area contributed by atoms with E-state index < -0.39 is 0 Å². The molecule has 0 unspecified atom stereocenters. The standard InChI is InChI=1S/C42H43Cl2N5O4/c1-25(9-10-26(2)50)23-48-36-14-11-27(21-34(36)45-19-17-39(48)52)30-5-3-7-32(41(30)43)33-8-4-6-31(42(33)44)28-12-15-37-35(22-28)46-20-18-40(53)49(37)24-29-13-16-38(51)47-29/h3-8,11-12,14-15,21-22,25,29,45-46H,9-10,13,16-20,23-24H2,1-2H3,(H,47,51)/t25-,29-/m0/s1. The number of carbonyl (C=O) groups excluding carboxylic acids is 4. The number of hydrogen-bond donors (Lipinski definition) is 3. The minimum Gasteiger partial charge on any atom is -0.383 e. The highest BCUT2D eigenvalue weighted by Crippen LogP contribution is 2.45. The first-order valence-electron chi connectivity index (χ1n) is 18.3. The fraction of sp³-hybridized carbons (Fsp3) is 0.333. The number of benzene rings is 4. The van der Waals surface area contributed by atoms with Gasteiger partial charge in [-0.3, -0.25) is 14.4 Å². The van der Waals surface area contributed by atoms with Crippen LogP contribution in [0, 0.1) is 5.92 Å². The molecule has 0 aromatic heterocycles. The van der Waals surface area contributed by atoms with Gasteiger partial charge < -0.3 is 30.5 Å². The third-order valence-electron chi connectivity index (χ3n) is 10.4. The van der Waals surface area contributed by atoms with Gasteiger partial charge in [-0.25, -0.2) is 0 Å². The Morgan fingerprint density at radius 1 is 0.755 bits per heavy atom.